The van der Waals surface area contributed by atoms with E-state index in [0.717, 1.165) is 24.1 Å². The van der Waals surface area contributed by atoms with Gasteiger partial charge in [0.1, 0.15) is 17.1 Å². The lowest BCUT2D eigenvalue weighted by Gasteiger charge is -2.25. The zero-order chi connectivity index (χ0) is 24.0. The molecule has 2 heterocycles. The molecule has 0 aliphatic rings. The molecule has 8 heteroatoms. The van der Waals surface area contributed by atoms with Gasteiger partial charge in [-0.15, -0.1) is 0 Å². The number of carbonyl (C=O) groups is 2. The van der Waals surface area contributed by atoms with Gasteiger partial charge in [-0.05, 0) is 49.6 Å². The first-order valence-electron chi connectivity index (χ1n) is 10.7. The van der Waals surface area contributed by atoms with Crippen molar-refractivity contribution in [1.82, 2.24) is 14.5 Å². The Labute approximate surface area is 194 Å². The van der Waals surface area contributed by atoms with E-state index >= 15 is 0 Å². The number of rotatable bonds is 9. The van der Waals surface area contributed by atoms with Crippen molar-refractivity contribution in [2.75, 3.05) is 26.6 Å². The molecule has 0 aliphatic heterocycles. The standard InChI is InChI=1S/C25H30N4O4/c1-17(29(3)25(31)21-15-20(32-4)16-23(27-21)33-5)8-9-18-10-12-19(13-11-18)26-24(30)22-7-6-14-28(22)2/h6-7,10-17H,8-9H2,1-5H3,(H,26,30)/t17-/m0/s1. The van der Waals surface area contributed by atoms with E-state index < -0.39 is 0 Å². The fourth-order valence-electron chi connectivity index (χ4n) is 3.41. The van der Waals surface area contributed by atoms with Gasteiger partial charge >= 0.3 is 0 Å². The number of methoxy groups -OCH3 is 2. The van der Waals surface area contributed by atoms with Crippen molar-refractivity contribution in [3.8, 4) is 11.6 Å². The maximum Gasteiger partial charge on any atom is 0.272 e. The lowest BCUT2D eigenvalue weighted by atomic mass is 10.0. The third kappa shape index (κ3) is 5.91. The molecule has 0 saturated carbocycles. The van der Waals surface area contributed by atoms with Gasteiger partial charge in [0.05, 0.1) is 14.2 Å². The SMILES string of the molecule is COc1cc(OC)nc(C(=O)N(C)[C@@H](C)CCc2ccc(NC(=O)c3cccn3C)cc2)c1. The minimum absolute atomic E-state index is 0.00628. The molecule has 3 rings (SSSR count). The number of benzene rings is 1. The summed E-state index contributed by atoms with van der Waals surface area (Å²) >= 11 is 0. The molecule has 2 amide bonds. The van der Waals surface area contributed by atoms with Crippen molar-refractivity contribution >= 4 is 17.5 Å². The summed E-state index contributed by atoms with van der Waals surface area (Å²) in [5.74, 6) is 0.508. The second-order valence-corrected chi connectivity index (χ2v) is 7.89. The highest BCUT2D eigenvalue weighted by Gasteiger charge is 2.20. The molecule has 3 aromatic rings. The van der Waals surface area contributed by atoms with Crippen LogP contribution in [0.2, 0.25) is 0 Å². The first-order valence-corrected chi connectivity index (χ1v) is 10.7. The Balaban J connectivity index is 1.56. The Morgan fingerprint density at radius 3 is 2.45 bits per heavy atom. The van der Waals surface area contributed by atoms with Crippen LogP contribution in [0, 0.1) is 0 Å². The Morgan fingerprint density at radius 2 is 1.85 bits per heavy atom. The van der Waals surface area contributed by atoms with Crippen molar-refractivity contribution in [2.45, 2.75) is 25.8 Å². The van der Waals surface area contributed by atoms with Gasteiger partial charge in [-0.1, -0.05) is 12.1 Å². The first-order chi connectivity index (χ1) is 15.8. The van der Waals surface area contributed by atoms with Gasteiger partial charge in [-0.25, -0.2) is 4.98 Å². The zero-order valence-electron chi connectivity index (χ0n) is 19.7. The summed E-state index contributed by atoms with van der Waals surface area (Å²) < 4.78 is 12.2. The van der Waals surface area contributed by atoms with Gasteiger partial charge in [0.25, 0.3) is 11.8 Å². The number of amides is 2. The number of aryl methyl sites for hydroxylation is 2. The van der Waals surface area contributed by atoms with Gasteiger partial charge in [-0.2, -0.15) is 0 Å². The van der Waals surface area contributed by atoms with Crippen molar-refractivity contribution in [3.63, 3.8) is 0 Å². The molecule has 0 radical (unpaired) electrons. The highest BCUT2D eigenvalue weighted by atomic mass is 16.5. The van der Waals surface area contributed by atoms with Crippen LogP contribution in [-0.4, -0.2) is 53.6 Å². The van der Waals surface area contributed by atoms with Crippen molar-refractivity contribution in [3.05, 3.63) is 71.7 Å². The van der Waals surface area contributed by atoms with Gasteiger partial charge in [0, 0.05) is 44.2 Å². The predicted octanol–water partition coefficient (Wildman–Crippen LogP) is 3.78. The maximum atomic E-state index is 12.9. The average molecular weight is 451 g/mol. The van der Waals surface area contributed by atoms with Crippen LogP contribution in [-0.2, 0) is 13.5 Å². The van der Waals surface area contributed by atoms with Crippen LogP contribution in [0.4, 0.5) is 5.69 Å². The van der Waals surface area contributed by atoms with Crippen molar-refractivity contribution in [2.24, 2.45) is 7.05 Å². The van der Waals surface area contributed by atoms with Crippen LogP contribution in [0.25, 0.3) is 0 Å². The summed E-state index contributed by atoms with van der Waals surface area (Å²) in [4.78, 5) is 31.2. The lowest BCUT2D eigenvalue weighted by Crippen LogP contribution is -2.35. The topological polar surface area (TPSA) is 85.7 Å². The normalized spacial score (nSPS) is 11.5. The fraction of sp³-hybridized carbons (Fsp3) is 0.320. The summed E-state index contributed by atoms with van der Waals surface area (Å²) in [7, 11) is 6.64. The van der Waals surface area contributed by atoms with E-state index in [1.54, 1.807) is 34.7 Å². The molecule has 1 aromatic carbocycles. The molecule has 0 fully saturated rings. The predicted molar refractivity (Wildman–Crippen MR) is 127 cm³/mol. The van der Waals surface area contributed by atoms with Crippen molar-refractivity contribution < 1.29 is 19.1 Å². The van der Waals surface area contributed by atoms with E-state index in [4.69, 9.17) is 9.47 Å². The van der Waals surface area contributed by atoms with Crippen LogP contribution in [0.5, 0.6) is 11.6 Å². The van der Waals surface area contributed by atoms with Gasteiger partial charge in [-0.3, -0.25) is 9.59 Å². The average Bonchev–Trinajstić information content (AvgIpc) is 3.27. The number of ether oxygens (including phenoxy) is 2. The molecule has 174 valence electrons. The number of carbonyl (C=O) groups excluding carboxylic acids is 2. The largest absolute Gasteiger partial charge is 0.496 e. The second kappa shape index (κ2) is 10.7. The number of hydrogen-bond acceptors (Lipinski definition) is 5. The molecule has 8 nitrogen and oxygen atoms in total. The van der Waals surface area contributed by atoms with Crippen LogP contribution >= 0.6 is 0 Å². The van der Waals surface area contributed by atoms with Crippen LogP contribution in [0.1, 0.15) is 39.9 Å². The first kappa shape index (κ1) is 23.8. The number of aromatic nitrogens is 2. The zero-order valence-corrected chi connectivity index (χ0v) is 19.7. The molecule has 0 spiro atoms. The number of nitrogens with zero attached hydrogens (tertiary/aromatic N) is 3. The Hall–Kier alpha value is -3.81. The van der Waals surface area contributed by atoms with Gasteiger partial charge in [0.2, 0.25) is 5.88 Å². The number of hydrogen-bond donors (Lipinski definition) is 1. The fourth-order valence-corrected chi connectivity index (χ4v) is 3.41. The smallest absolute Gasteiger partial charge is 0.272 e. The molecule has 1 N–H and O–H groups in total. The number of pyridine rings is 1. The Bertz CT molecular complexity index is 1090. The van der Waals surface area contributed by atoms with Gasteiger partial charge < -0.3 is 24.3 Å². The number of nitrogens with one attached hydrogen (secondary N) is 1. The summed E-state index contributed by atoms with van der Waals surface area (Å²) in [6.07, 6.45) is 3.40. The van der Waals surface area contributed by atoms with E-state index in [0.29, 0.717) is 17.3 Å². The molecular formula is C25H30N4O4. The van der Waals surface area contributed by atoms with Gasteiger partial charge in [0.15, 0.2) is 0 Å². The minimum Gasteiger partial charge on any atom is -0.496 e. The third-order valence-electron chi connectivity index (χ3n) is 5.66. The number of anilines is 1. The van der Waals surface area contributed by atoms with E-state index in [1.165, 1.54) is 14.2 Å². The summed E-state index contributed by atoms with van der Waals surface area (Å²) in [6, 6.07) is 14.6. The lowest BCUT2D eigenvalue weighted by molar-refractivity contribution is 0.0730. The Morgan fingerprint density at radius 1 is 1.12 bits per heavy atom. The summed E-state index contributed by atoms with van der Waals surface area (Å²) in [6.45, 7) is 2.00. The summed E-state index contributed by atoms with van der Waals surface area (Å²) in [5.41, 5.74) is 2.74. The van der Waals surface area contributed by atoms with E-state index in [9.17, 15) is 9.59 Å². The molecular weight excluding hydrogens is 420 g/mol. The quantitative estimate of drug-likeness (QED) is 0.536. The van der Waals surface area contributed by atoms with E-state index in [2.05, 4.69) is 10.3 Å². The van der Waals surface area contributed by atoms with E-state index in [1.807, 2.05) is 50.5 Å². The van der Waals surface area contributed by atoms with Crippen LogP contribution in [0.3, 0.4) is 0 Å². The highest BCUT2D eigenvalue weighted by molar-refractivity contribution is 6.03. The molecule has 0 unspecified atom stereocenters. The monoisotopic (exact) mass is 450 g/mol. The summed E-state index contributed by atoms with van der Waals surface area (Å²) in [5, 5.41) is 2.91. The molecule has 2 aromatic heterocycles. The van der Waals surface area contributed by atoms with Crippen LogP contribution < -0.4 is 14.8 Å². The molecule has 0 aliphatic carbocycles. The second-order valence-electron chi connectivity index (χ2n) is 7.89. The van der Waals surface area contributed by atoms with E-state index in [-0.39, 0.29) is 23.6 Å². The third-order valence-corrected chi connectivity index (χ3v) is 5.66. The minimum atomic E-state index is -0.196. The highest BCUT2D eigenvalue weighted by Crippen LogP contribution is 2.21. The maximum absolute atomic E-state index is 12.9. The molecule has 1 atom stereocenters. The molecule has 0 bridgehead atoms. The molecule has 33 heavy (non-hydrogen) atoms. The van der Waals surface area contributed by atoms with Crippen molar-refractivity contribution in [1.29, 1.82) is 0 Å². The Kier molecular flexibility index (Phi) is 7.71. The molecule has 0 saturated heterocycles. The van der Waals surface area contributed by atoms with Crippen LogP contribution in [0.15, 0.2) is 54.7 Å².